The van der Waals surface area contributed by atoms with Crippen molar-refractivity contribution < 1.29 is 10.2 Å². The highest BCUT2D eigenvalue weighted by Crippen LogP contribution is 2.26. The van der Waals surface area contributed by atoms with E-state index in [-0.39, 0.29) is 17.9 Å². The summed E-state index contributed by atoms with van der Waals surface area (Å²) in [5, 5.41) is 18.6. The van der Waals surface area contributed by atoms with Crippen LogP contribution in [0.15, 0.2) is 0 Å². The lowest BCUT2D eigenvalue weighted by atomic mass is 9.82. The molecule has 0 aromatic heterocycles. The summed E-state index contributed by atoms with van der Waals surface area (Å²) in [6, 6.07) is 0. The largest absolute Gasteiger partial charge is 0.396 e. The molecule has 0 amide bonds. The minimum absolute atomic E-state index is 0.0369. The van der Waals surface area contributed by atoms with Gasteiger partial charge in [-0.3, -0.25) is 0 Å². The van der Waals surface area contributed by atoms with Gasteiger partial charge in [-0.2, -0.15) is 0 Å². The summed E-state index contributed by atoms with van der Waals surface area (Å²) in [5.74, 6) is 0.248. The third-order valence-electron chi connectivity index (χ3n) is 1.99. The third kappa shape index (κ3) is 3.25. The van der Waals surface area contributed by atoms with Crippen molar-refractivity contribution in [2.75, 3.05) is 11.0 Å². The molecule has 0 radical (unpaired) electrons. The molecule has 0 heterocycles. The van der Waals surface area contributed by atoms with Gasteiger partial charge in [0.1, 0.15) is 0 Å². The first-order chi connectivity index (χ1) is 4.95. The number of rotatable bonds is 4. The molecule has 2 unspecified atom stereocenters. The van der Waals surface area contributed by atoms with Crippen LogP contribution in [0, 0.1) is 11.3 Å². The molecule has 0 aromatic rings. The molecule has 0 aliphatic carbocycles. The summed E-state index contributed by atoms with van der Waals surface area (Å²) in [5.41, 5.74) is -0.370. The Morgan fingerprint density at radius 1 is 1.45 bits per heavy atom. The summed E-state index contributed by atoms with van der Waals surface area (Å²) < 4.78 is 0.919. The maximum absolute atomic E-state index is 9.68. The van der Waals surface area contributed by atoms with Crippen LogP contribution >= 0.6 is 22.6 Å². The third-order valence-corrected chi connectivity index (χ3v) is 3.38. The van der Waals surface area contributed by atoms with Crippen LogP contribution < -0.4 is 0 Å². The summed E-state index contributed by atoms with van der Waals surface area (Å²) in [4.78, 5) is 0. The number of alkyl halides is 1. The maximum atomic E-state index is 9.68. The van der Waals surface area contributed by atoms with E-state index >= 15 is 0 Å². The van der Waals surface area contributed by atoms with E-state index in [0.717, 1.165) is 4.43 Å². The van der Waals surface area contributed by atoms with E-state index in [0.29, 0.717) is 0 Å². The number of hydrogen-bond donors (Lipinski definition) is 2. The second-order valence-electron chi connectivity index (χ2n) is 3.72. The van der Waals surface area contributed by atoms with Crippen molar-refractivity contribution in [3.05, 3.63) is 0 Å². The Kier molecular flexibility index (Phi) is 4.89. The molecule has 0 saturated heterocycles. The van der Waals surface area contributed by atoms with Crippen molar-refractivity contribution in [2.45, 2.75) is 26.9 Å². The lowest BCUT2D eigenvalue weighted by Gasteiger charge is -2.31. The SMILES string of the molecule is CC(CI)C(O)C(C)(C)CO. The van der Waals surface area contributed by atoms with E-state index in [1.165, 1.54) is 0 Å². The zero-order valence-electron chi connectivity index (χ0n) is 7.34. The topological polar surface area (TPSA) is 40.5 Å². The van der Waals surface area contributed by atoms with Crippen LogP contribution in [-0.2, 0) is 0 Å². The molecule has 0 aliphatic rings. The summed E-state index contributed by atoms with van der Waals surface area (Å²) in [7, 11) is 0. The van der Waals surface area contributed by atoms with Gasteiger partial charge in [0.25, 0.3) is 0 Å². The Morgan fingerprint density at radius 2 is 1.91 bits per heavy atom. The molecule has 0 fully saturated rings. The van der Waals surface area contributed by atoms with E-state index in [4.69, 9.17) is 5.11 Å². The highest BCUT2D eigenvalue weighted by molar-refractivity contribution is 14.1. The number of halogens is 1. The molecule has 2 N–H and O–H groups in total. The quantitative estimate of drug-likeness (QED) is 0.600. The zero-order valence-corrected chi connectivity index (χ0v) is 9.50. The molecule has 2 nitrogen and oxygen atoms in total. The van der Waals surface area contributed by atoms with Crippen molar-refractivity contribution in [1.82, 2.24) is 0 Å². The number of aliphatic hydroxyl groups is 2. The fourth-order valence-corrected chi connectivity index (χ4v) is 1.43. The van der Waals surface area contributed by atoms with E-state index < -0.39 is 6.10 Å². The van der Waals surface area contributed by atoms with Gasteiger partial charge in [-0.05, 0) is 5.92 Å². The lowest BCUT2D eigenvalue weighted by molar-refractivity contribution is -0.0185. The van der Waals surface area contributed by atoms with Crippen LogP contribution in [0.2, 0.25) is 0 Å². The van der Waals surface area contributed by atoms with Crippen LogP contribution in [0.5, 0.6) is 0 Å². The normalized spacial score (nSPS) is 18.0. The van der Waals surface area contributed by atoms with Gasteiger partial charge in [-0.1, -0.05) is 43.4 Å². The first-order valence-corrected chi connectivity index (χ1v) is 5.33. The molecule has 0 saturated carbocycles. The molecule has 2 atom stereocenters. The van der Waals surface area contributed by atoms with Gasteiger partial charge in [0.2, 0.25) is 0 Å². The summed E-state index contributed by atoms with van der Waals surface area (Å²) in [6.07, 6.45) is -0.413. The highest BCUT2D eigenvalue weighted by Gasteiger charge is 2.30. The van der Waals surface area contributed by atoms with Gasteiger partial charge in [-0.25, -0.2) is 0 Å². The first-order valence-electron chi connectivity index (χ1n) is 3.80. The van der Waals surface area contributed by atoms with Crippen LogP contribution in [0.1, 0.15) is 20.8 Å². The Hall–Kier alpha value is 0.650. The molecule has 0 rings (SSSR count). The average Bonchev–Trinajstić information content (AvgIpc) is 2.01. The molecular weight excluding hydrogens is 255 g/mol. The minimum Gasteiger partial charge on any atom is -0.396 e. The molecule has 0 aromatic carbocycles. The number of hydrogen-bond acceptors (Lipinski definition) is 2. The Bertz CT molecular complexity index is 115. The Labute approximate surface area is 82.1 Å². The Balaban J connectivity index is 4.10. The van der Waals surface area contributed by atoms with Crippen molar-refractivity contribution in [2.24, 2.45) is 11.3 Å². The van der Waals surface area contributed by atoms with E-state index in [1.54, 1.807) is 0 Å². The Morgan fingerprint density at radius 3 is 2.18 bits per heavy atom. The van der Waals surface area contributed by atoms with Crippen molar-refractivity contribution >= 4 is 22.6 Å². The van der Waals surface area contributed by atoms with Gasteiger partial charge < -0.3 is 10.2 Å². The van der Waals surface area contributed by atoms with Crippen LogP contribution in [0.3, 0.4) is 0 Å². The fraction of sp³-hybridized carbons (Fsp3) is 1.00. The maximum Gasteiger partial charge on any atom is 0.0645 e. The predicted molar refractivity (Wildman–Crippen MR) is 54.9 cm³/mol. The summed E-state index contributed by atoms with van der Waals surface area (Å²) >= 11 is 2.24. The second kappa shape index (κ2) is 4.62. The van der Waals surface area contributed by atoms with E-state index in [1.807, 2.05) is 20.8 Å². The van der Waals surface area contributed by atoms with Crippen LogP contribution in [0.4, 0.5) is 0 Å². The molecule has 0 bridgehead atoms. The van der Waals surface area contributed by atoms with E-state index in [9.17, 15) is 5.11 Å². The molecular formula is C8H17IO2. The molecule has 68 valence electrons. The average molecular weight is 272 g/mol. The van der Waals surface area contributed by atoms with Crippen molar-refractivity contribution in [3.8, 4) is 0 Å². The molecule has 0 aliphatic heterocycles. The smallest absolute Gasteiger partial charge is 0.0645 e. The van der Waals surface area contributed by atoms with Gasteiger partial charge in [-0.15, -0.1) is 0 Å². The molecule has 3 heteroatoms. The zero-order chi connectivity index (χ0) is 9.07. The minimum atomic E-state index is -0.413. The van der Waals surface area contributed by atoms with Gasteiger partial charge in [0, 0.05) is 9.84 Å². The standard InChI is InChI=1S/C8H17IO2/c1-6(4-9)7(11)8(2,3)5-10/h6-7,10-11H,4-5H2,1-3H3. The number of aliphatic hydroxyl groups excluding tert-OH is 2. The second-order valence-corrected chi connectivity index (χ2v) is 4.60. The van der Waals surface area contributed by atoms with E-state index in [2.05, 4.69) is 22.6 Å². The van der Waals surface area contributed by atoms with Crippen LogP contribution in [-0.4, -0.2) is 27.4 Å². The first kappa shape index (κ1) is 11.6. The van der Waals surface area contributed by atoms with Gasteiger partial charge >= 0.3 is 0 Å². The van der Waals surface area contributed by atoms with Crippen molar-refractivity contribution in [1.29, 1.82) is 0 Å². The molecule has 0 spiro atoms. The van der Waals surface area contributed by atoms with Gasteiger partial charge in [0.05, 0.1) is 12.7 Å². The summed E-state index contributed by atoms with van der Waals surface area (Å²) in [6.45, 7) is 5.78. The lowest BCUT2D eigenvalue weighted by Crippen LogP contribution is -2.38. The van der Waals surface area contributed by atoms with Crippen LogP contribution in [0.25, 0.3) is 0 Å². The predicted octanol–water partition coefficient (Wildman–Crippen LogP) is 1.44. The van der Waals surface area contributed by atoms with Gasteiger partial charge in [0.15, 0.2) is 0 Å². The fourth-order valence-electron chi connectivity index (χ4n) is 0.948. The monoisotopic (exact) mass is 272 g/mol. The molecule has 11 heavy (non-hydrogen) atoms. The highest BCUT2D eigenvalue weighted by atomic mass is 127. The van der Waals surface area contributed by atoms with Crippen molar-refractivity contribution in [3.63, 3.8) is 0 Å².